The quantitative estimate of drug-likeness (QED) is 0.920. The van der Waals surface area contributed by atoms with E-state index < -0.39 is 0 Å². The van der Waals surface area contributed by atoms with E-state index in [9.17, 15) is 0 Å². The Bertz CT molecular complexity index is 645. The number of piperidine rings is 1. The SMILES string of the molecule is C[C@H]1CCc2c(sc3ncnc(NN4CCCCC4)c23)C1. The van der Waals surface area contributed by atoms with Gasteiger partial charge < -0.3 is 5.43 Å². The van der Waals surface area contributed by atoms with Crippen molar-refractivity contribution < 1.29 is 0 Å². The minimum atomic E-state index is 0.803. The predicted octanol–water partition coefficient (Wildman–Crippen LogP) is 3.63. The van der Waals surface area contributed by atoms with Crippen LogP contribution in [0.25, 0.3) is 10.2 Å². The number of hydrogen-bond acceptors (Lipinski definition) is 5. The molecule has 0 bridgehead atoms. The second-order valence-corrected chi connectivity index (χ2v) is 7.50. The number of hydrazine groups is 1. The van der Waals surface area contributed by atoms with Crippen molar-refractivity contribution in [2.75, 3.05) is 18.5 Å². The van der Waals surface area contributed by atoms with Crippen LogP contribution in [-0.2, 0) is 12.8 Å². The van der Waals surface area contributed by atoms with E-state index in [1.54, 1.807) is 6.33 Å². The Hall–Kier alpha value is -1.20. The minimum Gasteiger partial charge on any atom is -0.302 e. The van der Waals surface area contributed by atoms with Gasteiger partial charge in [-0.15, -0.1) is 11.3 Å². The van der Waals surface area contributed by atoms with Crippen molar-refractivity contribution in [2.24, 2.45) is 5.92 Å². The molecule has 1 atom stereocenters. The molecule has 3 heterocycles. The molecule has 2 aromatic heterocycles. The van der Waals surface area contributed by atoms with Crippen molar-refractivity contribution in [3.05, 3.63) is 16.8 Å². The largest absolute Gasteiger partial charge is 0.302 e. The summed E-state index contributed by atoms with van der Waals surface area (Å²) in [6, 6.07) is 0. The summed E-state index contributed by atoms with van der Waals surface area (Å²) >= 11 is 1.87. The van der Waals surface area contributed by atoms with E-state index in [4.69, 9.17) is 0 Å². The maximum atomic E-state index is 4.54. The molecule has 1 fully saturated rings. The topological polar surface area (TPSA) is 41.1 Å². The van der Waals surface area contributed by atoms with Crippen LogP contribution in [-0.4, -0.2) is 28.1 Å². The number of aryl methyl sites for hydroxylation is 1. The normalized spacial score (nSPS) is 23.2. The van der Waals surface area contributed by atoms with Crippen molar-refractivity contribution in [1.82, 2.24) is 15.0 Å². The van der Waals surface area contributed by atoms with Crippen LogP contribution in [0.4, 0.5) is 5.82 Å². The summed E-state index contributed by atoms with van der Waals surface area (Å²) in [5.41, 5.74) is 5.07. The van der Waals surface area contributed by atoms with E-state index in [-0.39, 0.29) is 0 Å². The number of anilines is 1. The molecule has 0 amide bonds. The fourth-order valence-corrected chi connectivity index (χ4v) is 4.87. The highest BCUT2D eigenvalue weighted by atomic mass is 32.1. The molecule has 4 rings (SSSR count). The van der Waals surface area contributed by atoms with Gasteiger partial charge in [0.05, 0.1) is 5.39 Å². The number of fused-ring (bicyclic) bond motifs is 3. The summed E-state index contributed by atoms with van der Waals surface area (Å²) in [7, 11) is 0. The highest BCUT2D eigenvalue weighted by Gasteiger charge is 2.23. The first-order valence-corrected chi connectivity index (χ1v) is 8.90. The summed E-state index contributed by atoms with van der Waals surface area (Å²) in [5.74, 6) is 1.82. The highest BCUT2D eigenvalue weighted by molar-refractivity contribution is 7.19. The summed E-state index contributed by atoms with van der Waals surface area (Å²) in [5, 5.41) is 3.61. The Morgan fingerprint density at radius 2 is 2.10 bits per heavy atom. The van der Waals surface area contributed by atoms with Gasteiger partial charge in [-0.3, -0.25) is 0 Å². The van der Waals surface area contributed by atoms with Gasteiger partial charge in [-0.05, 0) is 43.6 Å². The van der Waals surface area contributed by atoms with Crippen molar-refractivity contribution in [2.45, 2.75) is 45.4 Å². The number of nitrogens with one attached hydrogen (secondary N) is 1. The van der Waals surface area contributed by atoms with Gasteiger partial charge in [-0.25, -0.2) is 15.0 Å². The van der Waals surface area contributed by atoms with Crippen molar-refractivity contribution in [1.29, 1.82) is 0 Å². The van der Waals surface area contributed by atoms with E-state index >= 15 is 0 Å². The molecule has 0 spiro atoms. The number of hydrogen-bond donors (Lipinski definition) is 1. The van der Waals surface area contributed by atoms with Crippen LogP contribution in [0.15, 0.2) is 6.33 Å². The van der Waals surface area contributed by atoms with Crippen LogP contribution in [0.5, 0.6) is 0 Å². The molecule has 21 heavy (non-hydrogen) atoms. The van der Waals surface area contributed by atoms with Crippen LogP contribution < -0.4 is 5.43 Å². The Kier molecular flexibility index (Phi) is 3.55. The molecule has 112 valence electrons. The molecule has 2 aromatic rings. The summed E-state index contributed by atoms with van der Waals surface area (Å²) < 4.78 is 0. The van der Waals surface area contributed by atoms with Gasteiger partial charge in [0.25, 0.3) is 0 Å². The summed E-state index contributed by atoms with van der Waals surface area (Å²) in [6.07, 6.45) is 9.29. The zero-order chi connectivity index (χ0) is 14.2. The zero-order valence-electron chi connectivity index (χ0n) is 12.6. The van der Waals surface area contributed by atoms with E-state index in [1.165, 1.54) is 54.4 Å². The fraction of sp³-hybridized carbons (Fsp3) is 0.625. The second-order valence-electron chi connectivity index (χ2n) is 6.41. The fourth-order valence-electron chi connectivity index (χ4n) is 3.52. The van der Waals surface area contributed by atoms with Gasteiger partial charge in [-0.1, -0.05) is 13.3 Å². The molecule has 0 radical (unpaired) electrons. The lowest BCUT2D eigenvalue weighted by Gasteiger charge is -2.27. The standard InChI is InChI=1S/C16H22N4S/c1-11-5-6-12-13(9-11)21-16-14(12)15(17-10-18-16)19-20-7-3-2-4-8-20/h10-11H,2-9H2,1H3,(H,17,18,19)/t11-/m0/s1. The van der Waals surface area contributed by atoms with E-state index in [2.05, 4.69) is 27.3 Å². The molecule has 1 N–H and O–H groups in total. The molecule has 0 unspecified atom stereocenters. The highest BCUT2D eigenvalue weighted by Crippen LogP contribution is 2.39. The van der Waals surface area contributed by atoms with Gasteiger partial charge in [0.1, 0.15) is 11.2 Å². The van der Waals surface area contributed by atoms with Crippen LogP contribution in [0.2, 0.25) is 0 Å². The lowest BCUT2D eigenvalue weighted by molar-refractivity contribution is 0.272. The average Bonchev–Trinajstić information content (AvgIpc) is 2.86. The summed E-state index contributed by atoms with van der Waals surface area (Å²) in [6.45, 7) is 4.59. The lowest BCUT2D eigenvalue weighted by atomic mass is 9.89. The Balaban J connectivity index is 1.71. The van der Waals surface area contributed by atoms with Gasteiger partial charge in [0.2, 0.25) is 0 Å². The Morgan fingerprint density at radius 3 is 2.95 bits per heavy atom. The maximum Gasteiger partial charge on any atom is 0.152 e. The van der Waals surface area contributed by atoms with Crippen molar-refractivity contribution in [3.8, 4) is 0 Å². The third-order valence-electron chi connectivity index (χ3n) is 4.71. The molecule has 1 aliphatic carbocycles. The number of thiophene rings is 1. The van der Waals surface area contributed by atoms with Gasteiger partial charge >= 0.3 is 0 Å². The summed E-state index contributed by atoms with van der Waals surface area (Å²) in [4.78, 5) is 11.7. The molecule has 0 saturated carbocycles. The van der Waals surface area contributed by atoms with Gasteiger partial charge in [0, 0.05) is 18.0 Å². The van der Waals surface area contributed by atoms with E-state index in [1.807, 2.05) is 11.3 Å². The van der Waals surface area contributed by atoms with Crippen LogP contribution in [0, 0.1) is 5.92 Å². The van der Waals surface area contributed by atoms with Crippen LogP contribution >= 0.6 is 11.3 Å². The second kappa shape index (κ2) is 5.54. The maximum absolute atomic E-state index is 4.54. The van der Waals surface area contributed by atoms with Crippen molar-refractivity contribution in [3.63, 3.8) is 0 Å². The number of aromatic nitrogens is 2. The smallest absolute Gasteiger partial charge is 0.152 e. The Labute approximate surface area is 129 Å². The lowest BCUT2D eigenvalue weighted by Crippen LogP contribution is -2.35. The first-order chi connectivity index (χ1) is 10.3. The van der Waals surface area contributed by atoms with Crippen LogP contribution in [0.3, 0.4) is 0 Å². The third kappa shape index (κ3) is 2.53. The minimum absolute atomic E-state index is 0.803. The molecular weight excluding hydrogens is 280 g/mol. The monoisotopic (exact) mass is 302 g/mol. The van der Waals surface area contributed by atoms with Crippen molar-refractivity contribution >= 4 is 27.4 Å². The number of rotatable bonds is 2. The van der Waals surface area contributed by atoms with E-state index in [0.29, 0.717) is 0 Å². The molecule has 4 nitrogen and oxygen atoms in total. The van der Waals surface area contributed by atoms with Crippen LogP contribution in [0.1, 0.15) is 43.0 Å². The number of nitrogens with zero attached hydrogens (tertiary/aromatic N) is 3. The molecule has 5 heteroatoms. The molecule has 1 aliphatic heterocycles. The average molecular weight is 302 g/mol. The molecule has 2 aliphatic rings. The Morgan fingerprint density at radius 1 is 1.24 bits per heavy atom. The van der Waals surface area contributed by atoms with Gasteiger partial charge in [0.15, 0.2) is 5.82 Å². The van der Waals surface area contributed by atoms with E-state index in [0.717, 1.165) is 29.7 Å². The zero-order valence-corrected chi connectivity index (χ0v) is 13.4. The first-order valence-electron chi connectivity index (χ1n) is 8.08. The molecular formula is C16H22N4S. The first kappa shape index (κ1) is 13.5. The van der Waals surface area contributed by atoms with Gasteiger partial charge in [-0.2, -0.15) is 0 Å². The predicted molar refractivity (Wildman–Crippen MR) is 87.7 cm³/mol. The molecule has 0 aromatic carbocycles. The third-order valence-corrected chi connectivity index (χ3v) is 5.87. The molecule has 1 saturated heterocycles.